The van der Waals surface area contributed by atoms with Gasteiger partial charge < -0.3 is 49.7 Å². The Morgan fingerprint density at radius 2 is 1.14 bits per heavy atom. The van der Waals surface area contributed by atoms with Gasteiger partial charge in [-0.15, -0.1) is 0 Å². The summed E-state index contributed by atoms with van der Waals surface area (Å²) in [7, 11) is -10.7. The number of hydrogen-bond acceptors (Lipinski definition) is 14. The molecule has 1 rings (SSSR count). The number of hydrogen-bond donors (Lipinski definition) is 8. The second kappa shape index (κ2) is 35.8. The number of phosphoric ester groups is 2. The number of unbranched alkanes of at least 4 members (excludes halogenated alkanes) is 12. The molecule has 64 heavy (non-hydrogen) atoms. The molecule has 1 aliphatic rings. The zero-order chi connectivity index (χ0) is 47.6. The normalized spacial score (nSPS) is 22.8. The van der Waals surface area contributed by atoms with E-state index in [2.05, 4.69) is 54.8 Å². The first-order chi connectivity index (χ1) is 30.5. The summed E-state index contributed by atoms with van der Waals surface area (Å²) < 4.78 is 49.2. The van der Waals surface area contributed by atoms with Crippen LogP contribution in [0.15, 0.2) is 60.8 Å². The zero-order valence-corrected chi connectivity index (χ0v) is 39.6. The molecule has 1 fully saturated rings. The van der Waals surface area contributed by atoms with E-state index in [4.69, 9.17) is 28.3 Å². The van der Waals surface area contributed by atoms with Crippen LogP contribution in [0.25, 0.3) is 0 Å². The lowest BCUT2D eigenvalue weighted by atomic mass is 9.85. The van der Waals surface area contributed by atoms with Crippen LogP contribution in [0.1, 0.15) is 149 Å². The molecule has 0 spiro atoms. The van der Waals surface area contributed by atoms with Gasteiger partial charge in [-0.25, -0.2) is 9.13 Å². The molecule has 0 aromatic heterocycles. The van der Waals surface area contributed by atoms with Crippen LogP contribution < -0.4 is 0 Å². The summed E-state index contributed by atoms with van der Waals surface area (Å²) in [6, 6.07) is 0. The van der Waals surface area contributed by atoms with Gasteiger partial charge in [-0.2, -0.15) is 0 Å². The van der Waals surface area contributed by atoms with E-state index in [1.54, 1.807) is 6.08 Å². The average Bonchev–Trinajstić information content (AvgIpc) is 3.24. The lowest BCUT2D eigenvalue weighted by Gasteiger charge is -2.43. The quantitative estimate of drug-likeness (QED) is 0.0100. The maximum absolute atomic E-state index is 13.0. The highest BCUT2D eigenvalue weighted by Crippen LogP contribution is 2.49. The molecule has 0 aliphatic heterocycles. The number of rotatable bonds is 37. The summed E-state index contributed by atoms with van der Waals surface area (Å²) in [6.45, 7) is 2.84. The maximum atomic E-state index is 13.0. The Bertz CT molecular complexity index is 1490. The maximum Gasteiger partial charge on any atom is 0.472 e. The van der Waals surface area contributed by atoms with Crippen molar-refractivity contribution in [2.45, 2.75) is 198 Å². The van der Waals surface area contributed by atoms with Crippen molar-refractivity contribution in [3.63, 3.8) is 0 Å². The van der Waals surface area contributed by atoms with E-state index in [0.717, 1.165) is 83.5 Å². The fourth-order valence-electron chi connectivity index (χ4n) is 6.59. The summed E-state index contributed by atoms with van der Waals surface area (Å²) in [5, 5.41) is 51.4. The first kappa shape index (κ1) is 59.7. The van der Waals surface area contributed by atoms with E-state index >= 15 is 0 Å². The molecule has 0 aromatic carbocycles. The molecule has 9 atom stereocenters. The van der Waals surface area contributed by atoms with E-state index < -0.39 is 89.6 Å². The fraction of sp³-hybridized carbons (Fsp3) is 0.733. The molecule has 1 aliphatic carbocycles. The van der Waals surface area contributed by atoms with Crippen molar-refractivity contribution in [3.8, 4) is 0 Å². The number of aliphatic hydroxyl groups excluding tert-OH is 5. The Kier molecular flexibility index (Phi) is 33.4. The smallest absolute Gasteiger partial charge is 0.462 e. The largest absolute Gasteiger partial charge is 0.472 e. The second-order valence-corrected chi connectivity index (χ2v) is 18.5. The van der Waals surface area contributed by atoms with Crippen LogP contribution in [0.5, 0.6) is 0 Å². The number of allylic oxidation sites excluding steroid dienone is 9. The molecule has 6 unspecified atom stereocenters. The van der Waals surface area contributed by atoms with Gasteiger partial charge in [0.2, 0.25) is 0 Å². The van der Waals surface area contributed by atoms with Gasteiger partial charge in [-0.1, -0.05) is 132 Å². The van der Waals surface area contributed by atoms with Crippen molar-refractivity contribution in [1.29, 1.82) is 0 Å². The van der Waals surface area contributed by atoms with Crippen LogP contribution in [0.3, 0.4) is 0 Å². The van der Waals surface area contributed by atoms with Crippen molar-refractivity contribution in [1.82, 2.24) is 0 Å². The van der Waals surface area contributed by atoms with Crippen LogP contribution in [0, 0.1) is 0 Å². The van der Waals surface area contributed by atoms with E-state index in [-0.39, 0.29) is 12.8 Å². The Morgan fingerprint density at radius 3 is 1.77 bits per heavy atom. The highest BCUT2D eigenvalue weighted by atomic mass is 31.2. The molecule has 8 N–H and O–H groups in total. The van der Waals surface area contributed by atoms with Crippen LogP contribution in [-0.4, -0.2) is 114 Å². The van der Waals surface area contributed by atoms with Crippen LogP contribution in [0.2, 0.25) is 0 Å². The van der Waals surface area contributed by atoms with Gasteiger partial charge in [0.25, 0.3) is 0 Å². The second-order valence-electron chi connectivity index (χ2n) is 15.9. The highest BCUT2D eigenvalue weighted by molar-refractivity contribution is 7.47. The average molecular weight is 953 g/mol. The van der Waals surface area contributed by atoms with Crippen LogP contribution in [-0.2, 0) is 41.8 Å². The lowest BCUT2D eigenvalue weighted by molar-refractivity contribution is -0.216. The molecule has 370 valence electrons. The first-order valence-corrected chi connectivity index (χ1v) is 26.0. The molecule has 0 aromatic rings. The number of carbonyl (C=O) groups is 2. The third kappa shape index (κ3) is 30.0. The van der Waals surface area contributed by atoms with E-state index in [1.807, 2.05) is 18.2 Å². The molecule has 0 saturated heterocycles. The lowest BCUT2D eigenvalue weighted by Crippen LogP contribution is -2.64. The Balaban J connectivity index is 2.66. The van der Waals surface area contributed by atoms with Gasteiger partial charge >= 0.3 is 27.6 Å². The Labute approximate surface area is 380 Å². The van der Waals surface area contributed by atoms with Crippen molar-refractivity contribution in [2.75, 3.05) is 13.2 Å². The van der Waals surface area contributed by atoms with Gasteiger partial charge in [0.15, 0.2) is 6.10 Å². The Morgan fingerprint density at radius 1 is 0.594 bits per heavy atom. The summed E-state index contributed by atoms with van der Waals surface area (Å²) in [5.74, 6) is -1.30. The molecule has 1 saturated carbocycles. The zero-order valence-electron chi connectivity index (χ0n) is 37.8. The van der Waals surface area contributed by atoms with E-state index in [0.29, 0.717) is 19.3 Å². The number of esters is 2. The highest BCUT2D eigenvalue weighted by Gasteiger charge is 2.54. The summed E-state index contributed by atoms with van der Waals surface area (Å²) >= 11 is 0. The molecule has 0 amide bonds. The van der Waals surface area contributed by atoms with Crippen molar-refractivity contribution in [3.05, 3.63) is 60.8 Å². The Hall–Kier alpha value is -2.34. The minimum absolute atomic E-state index is 0.00512. The van der Waals surface area contributed by atoms with Crippen LogP contribution in [0.4, 0.5) is 0 Å². The molecule has 19 heteroatoms. The predicted molar refractivity (Wildman–Crippen MR) is 242 cm³/mol. The molecular formula is C45H78O17P2. The third-order valence-electron chi connectivity index (χ3n) is 10.2. The summed E-state index contributed by atoms with van der Waals surface area (Å²) in [6.07, 6.45) is 22.0. The molecule has 0 heterocycles. The molecule has 17 nitrogen and oxygen atoms in total. The van der Waals surface area contributed by atoms with Gasteiger partial charge in [0.05, 0.1) is 12.7 Å². The third-order valence-corrected chi connectivity index (χ3v) is 11.7. The predicted octanol–water partition coefficient (Wildman–Crippen LogP) is 7.25. The number of aliphatic hydroxyl groups is 5. The number of ether oxygens (including phenoxy) is 2. The summed E-state index contributed by atoms with van der Waals surface area (Å²) in [5.41, 5.74) is 0. The van der Waals surface area contributed by atoms with E-state index in [1.165, 1.54) is 19.3 Å². The van der Waals surface area contributed by atoms with Gasteiger partial charge in [-0.3, -0.25) is 23.2 Å². The topological polar surface area (TPSA) is 276 Å². The van der Waals surface area contributed by atoms with Crippen LogP contribution >= 0.6 is 15.6 Å². The SMILES string of the molecule is CC/C=C/C/C=C/C=C/C(O)CCCCCCCC(=O)OC[C@H](COP(=O)(O)O[C@H]1C(O)C(O)C(O)[C@@H](OP(=O)(O)O)C1O)OC(=O)CCCCCCC/C=C\C/C=C\CCCCC. The van der Waals surface area contributed by atoms with Gasteiger partial charge in [0.1, 0.15) is 43.2 Å². The standard InChI is InChI=1S/C45H78O17P2/c1-3-5-7-9-11-12-13-14-15-16-17-18-20-24-29-33-39(48)60-37(34-58-38(47)32-28-25-21-23-27-31-36(46)30-26-22-19-10-8-6-4-2)35-59-64(56,57)62-45-42(51)40(49)41(50)44(43(45)52)61-63(53,54)55/h6,8,11-12,14-15,19,22,26,30,36-37,40-46,49-52H,3-5,7,9-10,13,16-18,20-21,23-25,27-29,31-35H2,1-2H3,(H,56,57)(H2,53,54,55)/b8-6+,12-11-,15-14-,22-19+,30-26+/t36?,37-,40?,41?,42?,43?,44-,45+/m1/s1. The minimum atomic E-state index is -5.38. The van der Waals surface area contributed by atoms with Gasteiger partial charge in [-0.05, 0) is 64.2 Å². The molecular weight excluding hydrogens is 874 g/mol. The van der Waals surface area contributed by atoms with E-state index in [9.17, 15) is 49.1 Å². The minimum Gasteiger partial charge on any atom is -0.462 e. The van der Waals surface area contributed by atoms with Crippen molar-refractivity contribution >= 4 is 27.6 Å². The monoisotopic (exact) mass is 952 g/mol. The molecule has 0 radical (unpaired) electrons. The first-order valence-electron chi connectivity index (χ1n) is 22.9. The van der Waals surface area contributed by atoms with Crippen molar-refractivity contribution < 1.29 is 82.0 Å². The number of phosphoric acid groups is 2. The summed E-state index contributed by atoms with van der Waals surface area (Å²) in [4.78, 5) is 54.2. The fourth-order valence-corrected chi connectivity index (χ4v) is 8.13. The molecule has 0 bridgehead atoms. The number of carbonyl (C=O) groups excluding carboxylic acids is 2. The van der Waals surface area contributed by atoms with Gasteiger partial charge in [0, 0.05) is 12.8 Å². The van der Waals surface area contributed by atoms with Crippen molar-refractivity contribution in [2.24, 2.45) is 0 Å².